The van der Waals surface area contributed by atoms with Crippen molar-refractivity contribution in [3.8, 4) is 0 Å². The highest BCUT2D eigenvalue weighted by Gasteiger charge is 2.33. The van der Waals surface area contributed by atoms with E-state index in [1.54, 1.807) is 12.1 Å². The lowest BCUT2D eigenvalue weighted by Crippen LogP contribution is -2.40. The second-order valence-electron chi connectivity index (χ2n) is 7.51. The topological polar surface area (TPSA) is 96.3 Å². The average Bonchev–Trinajstić information content (AvgIpc) is 2.79. The van der Waals surface area contributed by atoms with Crippen molar-refractivity contribution in [2.24, 2.45) is 0 Å². The van der Waals surface area contributed by atoms with Crippen LogP contribution >= 0.6 is 0 Å². The molecule has 0 fully saturated rings. The van der Waals surface area contributed by atoms with Gasteiger partial charge in [-0.3, -0.25) is 13.7 Å². The highest BCUT2D eigenvalue weighted by atomic mass is 32.2. The number of hydrogen-bond donors (Lipinski definition) is 2. The molecule has 1 aliphatic heterocycles. The van der Waals surface area contributed by atoms with E-state index in [1.807, 2.05) is 42.5 Å². The van der Waals surface area contributed by atoms with Crippen LogP contribution in [0.4, 0.5) is 5.69 Å². The molecule has 0 radical (unpaired) electrons. The fourth-order valence-corrected chi connectivity index (χ4v) is 4.47. The summed E-state index contributed by atoms with van der Waals surface area (Å²) in [5.41, 5.74) is 1.56. The minimum Gasteiger partial charge on any atom is -0.481 e. The fraction of sp³-hybridized carbons (Fsp3) is 0.208. The van der Waals surface area contributed by atoms with Crippen molar-refractivity contribution < 1.29 is 28.1 Å². The SMILES string of the molecule is O=C(O)CC(C1=COC=C(CC2=CC=CCC2)O1)N(c1ccc2ccccc2c1)S(=O)O. The summed E-state index contributed by atoms with van der Waals surface area (Å²) in [6.07, 6.45) is 10.8. The molecule has 2 atom stereocenters. The maximum absolute atomic E-state index is 12.4. The maximum atomic E-state index is 12.4. The van der Waals surface area contributed by atoms with E-state index in [1.165, 1.54) is 12.5 Å². The third kappa shape index (κ3) is 5.09. The molecular weight excluding hydrogens is 430 g/mol. The zero-order valence-corrected chi connectivity index (χ0v) is 18.0. The lowest BCUT2D eigenvalue weighted by Gasteiger charge is -2.31. The van der Waals surface area contributed by atoms with Crippen molar-refractivity contribution in [2.75, 3.05) is 4.31 Å². The van der Waals surface area contributed by atoms with E-state index in [2.05, 4.69) is 6.08 Å². The minimum atomic E-state index is -2.51. The Bertz CT molecular complexity index is 1170. The van der Waals surface area contributed by atoms with Crippen LogP contribution in [0.15, 0.2) is 90.3 Å². The first-order valence-corrected chi connectivity index (χ1v) is 11.3. The fourth-order valence-electron chi connectivity index (χ4n) is 3.78. The molecule has 0 saturated carbocycles. The summed E-state index contributed by atoms with van der Waals surface area (Å²) in [6.45, 7) is 0. The largest absolute Gasteiger partial charge is 0.481 e. The molecule has 0 spiro atoms. The Morgan fingerprint density at radius 2 is 1.97 bits per heavy atom. The number of allylic oxidation sites excluding steroid dienone is 4. The molecule has 0 bridgehead atoms. The second-order valence-corrected chi connectivity index (χ2v) is 8.37. The molecule has 4 rings (SSSR count). The molecule has 2 aliphatic rings. The number of aliphatic carboxylic acids is 1. The molecule has 0 saturated heterocycles. The molecule has 8 heteroatoms. The quantitative estimate of drug-likeness (QED) is 0.545. The second kappa shape index (κ2) is 9.84. The number of benzene rings is 2. The van der Waals surface area contributed by atoms with Gasteiger partial charge in [0.15, 0.2) is 5.76 Å². The molecule has 2 N–H and O–H groups in total. The Hall–Kier alpha value is -3.36. The Labute approximate surface area is 188 Å². The Balaban J connectivity index is 1.63. The van der Waals surface area contributed by atoms with Crippen LogP contribution in [0.2, 0.25) is 0 Å². The van der Waals surface area contributed by atoms with Gasteiger partial charge in [0, 0.05) is 6.42 Å². The van der Waals surface area contributed by atoms with Gasteiger partial charge in [0.05, 0.1) is 12.1 Å². The number of carbonyl (C=O) groups is 1. The first-order chi connectivity index (χ1) is 15.5. The summed E-state index contributed by atoms with van der Waals surface area (Å²) in [7, 11) is 0. The maximum Gasteiger partial charge on any atom is 0.305 e. The zero-order valence-electron chi connectivity index (χ0n) is 17.2. The number of fused-ring (bicyclic) bond motifs is 1. The number of carboxylic acids is 1. The van der Waals surface area contributed by atoms with Crippen LogP contribution in [0.25, 0.3) is 10.8 Å². The smallest absolute Gasteiger partial charge is 0.305 e. The first kappa shape index (κ1) is 21.9. The Morgan fingerprint density at radius 3 is 2.69 bits per heavy atom. The Kier molecular flexibility index (Phi) is 6.72. The number of ether oxygens (including phenoxy) is 2. The summed E-state index contributed by atoms with van der Waals surface area (Å²) >= 11 is -2.51. The van der Waals surface area contributed by atoms with Crippen molar-refractivity contribution >= 4 is 33.7 Å². The van der Waals surface area contributed by atoms with Crippen LogP contribution in [0.1, 0.15) is 25.7 Å². The van der Waals surface area contributed by atoms with Crippen molar-refractivity contribution in [3.05, 3.63) is 90.3 Å². The molecule has 2 unspecified atom stereocenters. The highest BCUT2D eigenvalue weighted by Crippen LogP contribution is 2.32. The van der Waals surface area contributed by atoms with E-state index < -0.39 is 29.7 Å². The lowest BCUT2D eigenvalue weighted by molar-refractivity contribution is -0.137. The van der Waals surface area contributed by atoms with E-state index in [4.69, 9.17) is 9.47 Å². The van der Waals surface area contributed by atoms with Gasteiger partial charge in [0.25, 0.3) is 11.3 Å². The number of hydrogen-bond acceptors (Lipinski definition) is 4. The van der Waals surface area contributed by atoms with Gasteiger partial charge in [-0.2, -0.15) is 0 Å². The predicted molar refractivity (Wildman–Crippen MR) is 123 cm³/mol. The molecule has 32 heavy (non-hydrogen) atoms. The number of anilines is 1. The van der Waals surface area contributed by atoms with E-state index in [0.29, 0.717) is 17.9 Å². The van der Waals surface area contributed by atoms with Gasteiger partial charge in [-0.15, -0.1) is 0 Å². The molecule has 7 nitrogen and oxygen atoms in total. The summed E-state index contributed by atoms with van der Waals surface area (Å²) in [4.78, 5) is 11.7. The van der Waals surface area contributed by atoms with E-state index >= 15 is 0 Å². The molecule has 1 heterocycles. The van der Waals surface area contributed by atoms with Gasteiger partial charge < -0.3 is 14.6 Å². The summed E-state index contributed by atoms with van der Waals surface area (Å²) < 4.78 is 35.1. The average molecular weight is 454 g/mol. The third-order valence-electron chi connectivity index (χ3n) is 5.27. The number of nitrogens with zero attached hydrogens (tertiary/aromatic N) is 1. The molecule has 1 aliphatic carbocycles. The standard InChI is InChI=1S/C24H23NO6S/c26-24(27)14-22(23-16-30-15-21(31-23)12-17-6-2-1-3-7-17)25(32(28)29)20-11-10-18-8-4-5-9-19(18)13-20/h1-2,4-6,8-11,13,15-16,22H,3,7,12,14H2,(H,26,27)(H,28,29). The highest BCUT2D eigenvalue weighted by molar-refractivity contribution is 7.80. The van der Waals surface area contributed by atoms with Gasteiger partial charge in [-0.25, -0.2) is 4.21 Å². The van der Waals surface area contributed by atoms with Gasteiger partial charge in [0.2, 0.25) is 0 Å². The lowest BCUT2D eigenvalue weighted by atomic mass is 10.0. The van der Waals surface area contributed by atoms with Crippen molar-refractivity contribution in [3.63, 3.8) is 0 Å². The molecule has 0 aromatic heterocycles. The van der Waals surface area contributed by atoms with Crippen LogP contribution < -0.4 is 4.31 Å². The first-order valence-electron chi connectivity index (χ1n) is 10.2. The van der Waals surface area contributed by atoms with Crippen LogP contribution in [0.5, 0.6) is 0 Å². The van der Waals surface area contributed by atoms with E-state index in [-0.39, 0.29) is 5.76 Å². The van der Waals surface area contributed by atoms with Crippen LogP contribution in [-0.2, 0) is 25.5 Å². The molecular formula is C24H23NO6S. The van der Waals surface area contributed by atoms with Crippen molar-refractivity contribution in [2.45, 2.75) is 31.7 Å². The number of rotatable bonds is 8. The normalized spacial score (nSPS) is 17.3. The summed E-state index contributed by atoms with van der Waals surface area (Å²) in [5, 5.41) is 11.4. The molecule has 0 amide bonds. The third-order valence-corrected chi connectivity index (χ3v) is 6.07. The van der Waals surface area contributed by atoms with Crippen LogP contribution in [0, 0.1) is 0 Å². The Morgan fingerprint density at radius 1 is 1.16 bits per heavy atom. The predicted octanol–water partition coefficient (Wildman–Crippen LogP) is 5.02. The van der Waals surface area contributed by atoms with E-state index in [9.17, 15) is 18.7 Å². The van der Waals surface area contributed by atoms with E-state index in [0.717, 1.165) is 33.5 Å². The van der Waals surface area contributed by atoms with Gasteiger partial charge in [-0.1, -0.05) is 54.1 Å². The summed E-state index contributed by atoms with van der Waals surface area (Å²) in [6, 6.07) is 11.8. The molecule has 2 aromatic rings. The number of carboxylic acid groups (broad SMARTS) is 1. The minimum absolute atomic E-state index is 0.160. The van der Waals surface area contributed by atoms with Crippen molar-refractivity contribution in [1.29, 1.82) is 0 Å². The van der Waals surface area contributed by atoms with Crippen LogP contribution in [0.3, 0.4) is 0 Å². The van der Waals surface area contributed by atoms with Gasteiger partial charge >= 0.3 is 5.97 Å². The zero-order chi connectivity index (χ0) is 22.5. The molecule has 2 aromatic carbocycles. The molecule has 166 valence electrons. The summed E-state index contributed by atoms with van der Waals surface area (Å²) in [5.74, 6) is -0.457. The monoisotopic (exact) mass is 453 g/mol. The van der Waals surface area contributed by atoms with Crippen molar-refractivity contribution in [1.82, 2.24) is 0 Å². The van der Waals surface area contributed by atoms with Gasteiger partial charge in [0.1, 0.15) is 24.3 Å². The van der Waals surface area contributed by atoms with Gasteiger partial charge in [-0.05, 0) is 35.7 Å². The van der Waals surface area contributed by atoms with Crippen LogP contribution in [-0.4, -0.2) is 25.9 Å².